The fourth-order valence-corrected chi connectivity index (χ4v) is 7.66. The van der Waals surface area contributed by atoms with Crippen molar-refractivity contribution in [2.45, 2.75) is 276 Å². The Hall–Kier alpha value is -1.92. The van der Waals surface area contributed by atoms with E-state index in [-0.39, 0.29) is 18.5 Å². The molecule has 0 aromatic carbocycles. The summed E-state index contributed by atoms with van der Waals surface area (Å²) in [5, 5.41) is 23.1. The molecule has 3 N–H and O–H groups in total. The second-order valence-electron chi connectivity index (χ2n) is 17.5. The molecule has 0 rings (SSSR count). The highest BCUT2D eigenvalue weighted by molar-refractivity contribution is 5.76. The van der Waals surface area contributed by atoms with Crippen LogP contribution in [0.4, 0.5) is 0 Å². The molecule has 0 aliphatic carbocycles. The van der Waals surface area contributed by atoms with Crippen LogP contribution < -0.4 is 5.32 Å². The van der Waals surface area contributed by atoms with E-state index in [4.69, 9.17) is 4.74 Å². The van der Waals surface area contributed by atoms with Crippen LogP contribution in [0.15, 0.2) is 36.5 Å². The van der Waals surface area contributed by atoms with Gasteiger partial charge >= 0.3 is 5.97 Å². The summed E-state index contributed by atoms with van der Waals surface area (Å²) >= 11 is 0. The highest BCUT2D eigenvalue weighted by Gasteiger charge is 2.18. The lowest BCUT2D eigenvalue weighted by molar-refractivity contribution is -0.143. The summed E-state index contributed by atoms with van der Waals surface area (Å²) in [6.45, 7) is 4.81. The van der Waals surface area contributed by atoms with Crippen LogP contribution in [0.2, 0.25) is 0 Å². The number of amides is 1. The van der Waals surface area contributed by atoms with E-state index < -0.39 is 12.1 Å². The van der Waals surface area contributed by atoms with Crippen molar-refractivity contribution in [1.29, 1.82) is 0 Å². The lowest BCUT2D eigenvalue weighted by atomic mass is 10.0. The van der Waals surface area contributed by atoms with Crippen LogP contribution in [0.5, 0.6) is 0 Å². The van der Waals surface area contributed by atoms with Gasteiger partial charge in [0.05, 0.1) is 25.4 Å². The molecule has 0 aliphatic heterocycles. The molecule has 0 fully saturated rings. The van der Waals surface area contributed by atoms with E-state index in [1.165, 1.54) is 167 Å². The molecule has 0 saturated heterocycles. The van der Waals surface area contributed by atoms with Gasteiger partial charge in [-0.1, -0.05) is 224 Å². The minimum Gasteiger partial charge on any atom is -0.466 e. The van der Waals surface area contributed by atoms with Crippen molar-refractivity contribution in [3.05, 3.63) is 36.5 Å². The number of allylic oxidation sites excluding steroid dienone is 5. The number of esters is 1. The molecule has 6 nitrogen and oxygen atoms in total. The number of hydrogen-bond donors (Lipinski definition) is 3. The van der Waals surface area contributed by atoms with Gasteiger partial charge < -0.3 is 20.3 Å². The SMILES string of the molecule is CCCCCC/C=C\C/C=C\CCCCCCCC(=O)OCCCCCCCCCCCC(=O)NC(CO)C(O)/C=C/CCCCCCCCCCCCCCCCC. The molecule has 0 aromatic rings. The molecule has 2 unspecified atom stereocenters. The largest absolute Gasteiger partial charge is 0.466 e. The highest BCUT2D eigenvalue weighted by Crippen LogP contribution is 2.15. The van der Waals surface area contributed by atoms with Crippen LogP contribution in [0.25, 0.3) is 0 Å². The van der Waals surface area contributed by atoms with Crippen molar-refractivity contribution < 1.29 is 24.5 Å². The van der Waals surface area contributed by atoms with Gasteiger partial charge in [-0.05, 0) is 64.2 Å². The van der Waals surface area contributed by atoms with E-state index in [2.05, 4.69) is 43.5 Å². The number of ether oxygens (including phenoxy) is 1. The number of nitrogens with one attached hydrogen (secondary N) is 1. The van der Waals surface area contributed by atoms with Gasteiger partial charge in [-0.2, -0.15) is 0 Å². The number of aliphatic hydroxyl groups excluding tert-OH is 2. The Bertz CT molecular complexity index is 962. The van der Waals surface area contributed by atoms with E-state index in [0.717, 1.165) is 70.6 Å². The Kier molecular flexibility index (Phi) is 47.2. The third-order valence-electron chi connectivity index (χ3n) is 11.7. The summed E-state index contributed by atoms with van der Waals surface area (Å²) in [6, 6.07) is -0.649. The zero-order chi connectivity index (χ0) is 43.0. The number of carbonyl (C=O) groups excluding carboxylic acids is 2. The zero-order valence-corrected chi connectivity index (χ0v) is 39.2. The molecule has 0 spiro atoms. The zero-order valence-electron chi connectivity index (χ0n) is 39.2. The molecule has 59 heavy (non-hydrogen) atoms. The van der Waals surface area contributed by atoms with Crippen molar-refractivity contribution in [1.82, 2.24) is 5.32 Å². The van der Waals surface area contributed by atoms with Gasteiger partial charge in [0.1, 0.15) is 0 Å². The number of unbranched alkanes of at least 4 members (excludes halogenated alkanes) is 32. The molecule has 0 heterocycles. The third-order valence-corrected chi connectivity index (χ3v) is 11.7. The monoisotopic (exact) mass is 830 g/mol. The first kappa shape index (κ1) is 57.1. The topological polar surface area (TPSA) is 95.9 Å². The van der Waals surface area contributed by atoms with Crippen molar-refractivity contribution in [3.63, 3.8) is 0 Å². The maximum Gasteiger partial charge on any atom is 0.305 e. The van der Waals surface area contributed by atoms with Crippen LogP contribution in [0, 0.1) is 0 Å². The number of aliphatic hydroxyl groups is 2. The van der Waals surface area contributed by atoms with Crippen molar-refractivity contribution in [2.75, 3.05) is 13.2 Å². The van der Waals surface area contributed by atoms with Gasteiger partial charge in [0.2, 0.25) is 5.91 Å². The first-order chi connectivity index (χ1) is 29.0. The van der Waals surface area contributed by atoms with E-state index in [1.807, 2.05) is 6.08 Å². The Balaban J connectivity index is 3.55. The molecule has 0 radical (unpaired) electrons. The standard InChI is InChI=1S/C53H99NO5/c1-3-5-7-9-11-13-15-17-19-21-22-24-26-29-33-37-41-45-51(56)50(49-55)54-52(57)46-42-38-34-30-28-32-36-40-44-48-59-53(58)47-43-39-35-31-27-25-23-20-18-16-14-12-10-8-6-4-2/h14,16,20,23,41,45,50-51,55-56H,3-13,15,17-19,21-22,24-40,42-44,46-49H2,1-2H3,(H,54,57)/b16-14-,23-20-,45-41+. The first-order valence-electron chi connectivity index (χ1n) is 25.8. The molecule has 0 aliphatic rings. The van der Waals surface area contributed by atoms with Gasteiger partial charge in [-0.3, -0.25) is 9.59 Å². The van der Waals surface area contributed by atoms with Gasteiger partial charge in [-0.25, -0.2) is 0 Å². The molecule has 346 valence electrons. The summed E-state index contributed by atoms with van der Waals surface area (Å²) in [5.41, 5.74) is 0. The van der Waals surface area contributed by atoms with E-state index in [1.54, 1.807) is 6.08 Å². The predicted octanol–water partition coefficient (Wildman–Crippen LogP) is 15.3. The molecular formula is C53H99NO5. The van der Waals surface area contributed by atoms with Gasteiger partial charge in [0.15, 0.2) is 0 Å². The van der Waals surface area contributed by atoms with Gasteiger partial charge in [0.25, 0.3) is 0 Å². The maximum absolute atomic E-state index is 12.4. The molecule has 2 atom stereocenters. The highest BCUT2D eigenvalue weighted by atomic mass is 16.5. The first-order valence-corrected chi connectivity index (χ1v) is 25.8. The third kappa shape index (κ3) is 45.4. The number of hydrogen-bond acceptors (Lipinski definition) is 5. The molecule has 0 aromatic heterocycles. The van der Waals surface area contributed by atoms with Crippen LogP contribution >= 0.6 is 0 Å². The molecule has 0 bridgehead atoms. The normalized spacial score (nSPS) is 12.9. The minimum atomic E-state index is -0.863. The summed E-state index contributed by atoms with van der Waals surface area (Å²) in [6.07, 6.45) is 58.5. The fraction of sp³-hybridized carbons (Fsp3) is 0.849. The van der Waals surface area contributed by atoms with Crippen molar-refractivity contribution in [2.24, 2.45) is 0 Å². The molecular weight excluding hydrogens is 731 g/mol. The van der Waals surface area contributed by atoms with Crippen LogP contribution in [0.3, 0.4) is 0 Å². The number of rotatable bonds is 47. The van der Waals surface area contributed by atoms with E-state index >= 15 is 0 Å². The predicted molar refractivity (Wildman–Crippen MR) is 255 cm³/mol. The van der Waals surface area contributed by atoms with E-state index in [9.17, 15) is 19.8 Å². The van der Waals surface area contributed by atoms with E-state index in [0.29, 0.717) is 19.4 Å². The van der Waals surface area contributed by atoms with Crippen LogP contribution in [-0.4, -0.2) is 47.4 Å². The smallest absolute Gasteiger partial charge is 0.305 e. The maximum atomic E-state index is 12.4. The fourth-order valence-electron chi connectivity index (χ4n) is 7.66. The lowest BCUT2D eigenvalue weighted by Crippen LogP contribution is -2.45. The second-order valence-corrected chi connectivity index (χ2v) is 17.5. The van der Waals surface area contributed by atoms with Crippen molar-refractivity contribution >= 4 is 11.9 Å². The Morgan fingerprint density at radius 2 is 0.847 bits per heavy atom. The summed E-state index contributed by atoms with van der Waals surface area (Å²) in [5.74, 6) is -0.137. The quantitative estimate of drug-likeness (QED) is 0.0323. The molecule has 6 heteroatoms. The van der Waals surface area contributed by atoms with Gasteiger partial charge in [-0.15, -0.1) is 0 Å². The van der Waals surface area contributed by atoms with Crippen LogP contribution in [-0.2, 0) is 14.3 Å². The lowest BCUT2D eigenvalue weighted by Gasteiger charge is -2.20. The Morgan fingerprint density at radius 1 is 0.475 bits per heavy atom. The average Bonchev–Trinajstić information content (AvgIpc) is 3.24. The van der Waals surface area contributed by atoms with Crippen LogP contribution in [0.1, 0.15) is 264 Å². The summed E-state index contributed by atoms with van der Waals surface area (Å²) in [4.78, 5) is 24.5. The summed E-state index contributed by atoms with van der Waals surface area (Å²) < 4.78 is 5.44. The van der Waals surface area contributed by atoms with Gasteiger partial charge in [0, 0.05) is 12.8 Å². The van der Waals surface area contributed by atoms with Crippen molar-refractivity contribution in [3.8, 4) is 0 Å². The summed E-state index contributed by atoms with van der Waals surface area (Å²) in [7, 11) is 0. The second kappa shape index (κ2) is 48.7. The Morgan fingerprint density at radius 3 is 1.31 bits per heavy atom. The minimum absolute atomic E-state index is 0.0410. The molecule has 0 saturated carbocycles. The molecule has 1 amide bonds. The average molecular weight is 830 g/mol. The Labute approximate surface area is 366 Å². The number of carbonyl (C=O) groups is 2.